The number of nitrogens with one attached hydrogen (secondary N) is 1. The molecule has 1 N–H and O–H groups in total. The van der Waals surface area contributed by atoms with Gasteiger partial charge < -0.3 is 5.32 Å². The van der Waals surface area contributed by atoms with Crippen LogP contribution in [-0.2, 0) is 0 Å². The summed E-state index contributed by atoms with van der Waals surface area (Å²) in [6.45, 7) is 9.37. The molecule has 0 amide bonds. The summed E-state index contributed by atoms with van der Waals surface area (Å²) in [5.74, 6) is 0.482. The first-order chi connectivity index (χ1) is 7.29. The van der Waals surface area contributed by atoms with Gasteiger partial charge in [-0.05, 0) is 24.4 Å². The van der Waals surface area contributed by atoms with Crippen LogP contribution in [0.4, 0.5) is 0 Å². The maximum Gasteiger partial charge on any atom is 0.0313 e. The third kappa shape index (κ3) is 3.52. The molecule has 0 bridgehead atoms. The summed E-state index contributed by atoms with van der Waals surface area (Å²) in [4.78, 5) is 0. The van der Waals surface area contributed by atoms with Crippen molar-refractivity contribution in [1.29, 1.82) is 0 Å². The molecule has 82 valence electrons. The summed E-state index contributed by atoms with van der Waals surface area (Å²) in [5, 5.41) is 3.50. The molecule has 0 spiro atoms. The molecule has 0 aromatic heterocycles. The average Bonchev–Trinajstić information content (AvgIpc) is 2.31. The van der Waals surface area contributed by atoms with Crippen LogP contribution >= 0.6 is 0 Å². The van der Waals surface area contributed by atoms with Crippen molar-refractivity contribution >= 4 is 0 Å². The Balaban J connectivity index is 2.64. The van der Waals surface area contributed by atoms with Crippen LogP contribution in [0.5, 0.6) is 0 Å². The first kappa shape index (κ1) is 12.0. The zero-order valence-corrected chi connectivity index (χ0v) is 9.74. The van der Waals surface area contributed by atoms with E-state index in [1.54, 1.807) is 0 Å². The Kier molecular flexibility index (Phi) is 5.13. The van der Waals surface area contributed by atoms with E-state index >= 15 is 0 Å². The fourth-order valence-electron chi connectivity index (χ4n) is 1.74. The molecule has 0 saturated heterocycles. The Labute approximate surface area is 93.2 Å². The van der Waals surface area contributed by atoms with Gasteiger partial charge in [-0.2, -0.15) is 0 Å². The predicted molar refractivity (Wildman–Crippen MR) is 67.1 cm³/mol. The van der Waals surface area contributed by atoms with Gasteiger partial charge in [0.1, 0.15) is 0 Å². The summed E-state index contributed by atoms with van der Waals surface area (Å²) in [5.41, 5.74) is 1.37. The quantitative estimate of drug-likeness (QED) is 0.699. The van der Waals surface area contributed by atoms with E-state index in [1.165, 1.54) is 5.56 Å². The highest BCUT2D eigenvalue weighted by Gasteiger charge is 2.14. The second-order valence-corrected chi connectivity index (χ2v) is 3.91. The highest BCUT2D eigenvalue weighted by molar-refractivity contribution is 5.22. The van der Waals surface area contributed by atoms with Gasteiger partial charge in [0, 0.05) is 6.04 Å². The summed E-state index contributed by atoms with van der Waals surface area (Å²) >= 11 is 0. The Hall–Kier alpha value is -1.08. The van der Waals surface area contributed by atoms with Crippen molar-refractivity contribution in [1.82, 2.24) is 5.32 Å². The van der Waals surface area contributed by atoms with Crippen LogP contribution < -0.4 is 5.32 Å². The van der Waals surface area contributed by atoms with Crippen LogP contribution in [0.1, 0.15) is 31.7 Å². The first-order valence-electron chi connectivity index (χ1n) is 5.70. The Bertz CT molecular complexity index is 279. The van der Waals surface area contributed by atoms with Crippen LogP contribution in [0.15, 0.2) is 43.0 Å². The highest BCUT2D eigenvalue weighted by Crippen LogP contribution is 2.19. The van der Waals surface area contributed by atoms with E-state index in [1.807, 2.05) is 6.08 Å². The maximum absolute atomic E-state index is 3.90. The monoisotopic (exact) mass is 203 g/mol. The normalized spacial score (nSPS) is 14.5. The van der Waals surface area contributed by atoms with Crippen LogP contribution in [-0.4, -0.2) is 12.6 Å². The molecule has 0 saturated carbocycles. The Morgan fingerprint density at radius 1 is 1.33 bits per heavy atom. The predicted octanol–water partition coefficient (Wildman–Crippen LogP) is 3.34. The maximum atomic E-state index is 3.90. The fourth-order valence-corrected chi connectivity index (χ4v) is 1.74. The molecular weight excluding hydrogens is 182 g/mol. The molecule has 2 unspecified atom stereocenters. The van der Waals surface area contributed by atoms with Gasteiger partial charge in [0.2, 0.25) is 0 Å². The lowest BCUT2D eigenvalue weighted by Crippen LogP contribution is -2.32. The number of rotatable bonds is 6. The van der Waals surface area contributed by atoms with Gasteiger partial charge in [-0.15, -0.1) is 6.58 Å². The number of hydrogen-bond donors (Lipinski definition) is 1. The van der Waals surface area contributed by atoms with Crippen molar-refractivity contribution in [3.05, 3.63) is 48.6 Å². The smallest absolute Gasteiger partial charge is 0.0313 e. The molecule has 0 heterocycles. The minimum absolute atomic E-state index is 0.368. The van der Waals surface area contributed by atoms with Gasteiger partial charge in [-0.3, -0.25) is 0 Å². The van der Waals surface area contributed by atoms with Crippen molar-refractivity contribution < 1.29 is 0 Å². The van der Waals surface area contributed by atoms with E-state index < -0.39 is 0 Å². The van der Waals surface area contributed by atoms with Gasteiger partial charge in [0.25, 0.3) is 0 Å². The molecule has 0 aliphatic rings. The summed E-state index contributed by atoms with van der Waals surface area (Å²) in [7, 11) is 0. The highest BCUT2D eigenvalue weighted by atomic mass is 14.9. The summed E-state index contributed by atoms with van der Waals surface area (Å²) < 4.78 is 0. The van der Waals surface area contributed by atoms with Gasteiger partial charge in [0.05, 0.1) is 0 Å². The van der Waals surface area contributed by atoms with Gasteiger partial charge in [-0.25, -0.2) is 0 Å². The molecule has 1 aromatic carbocycles. The van der Waals surface area contributed by atoms with Crippen LogP contribution in [0.25, 0.3) is 0 Å². The molecule has 2 atom stereocenters. The van der Waals surface area contributed by atoms with E-state index in [-0.39, 0.29) is 0 Å². The molecule has 0 radical (unpaired) electrons. The van der Waals surface area contributed by atoms with Crippen molar-refractivity contribution in [3.63, 3.8) is 0 Å². The molecule has 15 heavy (non-hydrogen) atoms. The Morgan fingerprint density at radius 3 is 2.53 bits per heavy atom. The third-order valence-corrected chi connectivity index (χ3v) is 2.75. The molecule has 0 aliphatic carbocycles. The van der Waals surface area contributed by atoms with Crippen molar-refractivity contribution in [3.8, 4) is 0 Å². The first-order valence-corrected chi connectivity index (χ1v) is 5.70. The summed E-state index contributed by atoms with van der Waals surface area (Å²) in [6.07, 6.45) is 3.17. The van der Waals surface area contributed by atoms with Crippen molar-refractivity contribution in [2.45, 2.75) is 32.2 Å². The van der Waals surface area contributed by atoms with Crippen molar-refractivity contribution in [2.75, 3.05) is 6.54 Å². The van der Waals surface area contributed by atoms with Crippen molar-refractivity contribution in [2.24, 2.45) is 0 Å². The number of hydrogen-bond acceptors (Lipinski definition) is 1. The van der Waals surface area contributed by atoms with E-state index in [2.05, 4.69) is 56.1 Å². The van der Waals surface area contributed by atoms with E-state index in [4.69, 9.17) is 0 Å². The van der Waals surface area contributed by atoms with Crippen LogP contribution in [0, 0.1) is 0 Å². The minimum Gasteiger partial charge on any atom is -0.310 e. The molecule has 1 rings (SSSR count). The standard InChI is InChI=1S/C14H21N/c1-4-11-15-14(5-2)12(3)13-9-7-6-8-10-13/h5-10,12,14-15H,2,4,11H2,1,3H3. The lowest BCUT2D eigenvalue weighted by Gasteiger charge is -2.22. The molecule has 1 nitrogen and oxygen atoms in total. The second kappa shape index (κ2) is 6.41. The average molecular weight is 203 g/mol. The molecule has 0 fully saturated rings. The molecule has 0 aliphatic heterocycles. The lowest BCUT2D eigenvalue weighted by molar-refractivity contribution is 0.521. The SMILES string of the molecule is C=CC(NCCC)C(C)c1ccccc1. The fraction of sp³-hybridized carbons (Fsp3) is 0.429. The molecule has 1 aromatic rings. The molecule has 1 heteroatoms. The molecular formula is C14H21N. The van der Waals surface area contributed by atoms with Gasteiger partial charge in [-0.1, -0.05) is 50.3 Å². The van der Waals surface area contributed by atoms with Gasteiger partial charge >= 0.3 is 0 Å². The number of benzene rings is 1. The zero-order valence-electron chi connectivity index (χ0n) is 9.74. The van der Waals surface area contributed by atoms with Crippen LogP contribution in [0.3, 0.4) is 0 Å². The van der Waals surface area contributed by atoms with Gasteiger partial charge in [0.15, 0.2) is 0 Å². The third-order valence-electron chi connectivity index (χ3n) is 2.75. The van der Waals surface area contributed by atoms with E-state index in [9.17, 15) is 0 Å². The second-order valence-electron chi connectivity index (χ2n) is 3.91. The Morgan fingerprint density at radius 2 is 2.00 bits per heavy atom. The lowest BCUT2D eigenvalue weighted by atomic mass is 9.93. The van der Waals surface area contributed by atoms with Crippen LogP contribution in [0.2, 0.25) is 0 Å². The van der Waals surface area contributed by atoms with E-state index in [0.717, 1.165) is 13.0 Å². The van der Waals surface area contributed by atoms with E-state index in [0.29, 0.717) is 12.0 Å². The topological polar surface area (TPSA) is 12.0 Å². The summed E-state index contributed by atoms with van der Waals surface area (Å²) in [6, 6.07) is 11.0. The largest absolute Gasteiger partial charge is 0.310 e. The minimum atomic E-state index is 0.368. The zero-order chi connectivity index (χ0) is 11.1.